The summed E-state index contributed by atoms with van der Waals surface area (Å²) in [5, 5.41) is 0. The summed E-state index contributed by atoms with van der Waals surface area (Å²) >= 11 is 0. The maximum Gasteiger partial charge on any atom is 0.151 e. The Balaban J connectivity index is 1.95. The number of aromatic nitrogens is 2. The van der Waals surface area contributed by atoms with E-state index in [1.54, 1.807) is 0 Å². The van der Waals surface area contributed by atoms with E-state index >= 15 is 0 Å². The van der Waals surface area contributed by atoms with E-state index in [1.807, 2.05) is 18.3 Å². The zero-order valence-electron chi connectivity index (χ0n) is 16.6. The minimum atomic E-state index is 0.533. The van der Waals surface area contributed by atoms with Gasteiger partial charge in [0, 0.05) is 24.7 Å². The fourth-order valence-corrected chi connectivity index (χ4v) is 3.50. The lowest BCUT2D eigenvalue weighted by Gasteiger charge is -2.10. The minimum absolute atomic E-state index is 0.533. The lowest BCUT2D eigenvalue weighted by atomic mass is 9.98. The first-order chi connectivity index (χ1) is 13.6. The van der Waals surface area contributed by atoms with Crippen LogP contribution in [0, 0.1) is 5.92 Å². The lowest BCUT2D eigenvalue weighted by Crippen LogP contribution is -1.99. The Morgan fingerprint density at radius 1 is 0.857 bits per heavy atom. The molecule has 3 nitrogen and oxygen atoms in total. The standard InChI is InChI=1S/C25H25N3/c1-18(2)16-26-17-23-27-24-21(19-10-6-4-7-11-19)14-15-22(25(24)28(23)3)20-12-8-5-9-13-20/h4-15,17-18H,16H2,1-3H3/b26-17+. The smallest absolute Gasteiger partial charge is 0.151 e. The van der Waals surface area contributed by atoms with Crippen molar-refractivity contribution >= 4 is 17.2 Å². The van der Waals surface area contributed by atoms with Gasteiger partial charge in [0.15, 0.2) is 5.82 Å². The van der Waals surface area contributed by atoms with E-state index in [-0.39, 0.29) is 0 Å². The van der Waals surface area contributed by atoms with Crippen molar-refractivity contribution < 1.29 is 0 Å². The molecule has 140 valence electrons. The third-order valence-electron chi connectivity index (χ3n) is 4.90. The quantitative estimate of drug-likeness (QED) is 0.399. The molecular weight excluding hydrogens is 342 g/mol. The van der Waals surface area contributed by atoms with Gasteiger partial charge in [0.25, 0.3) is 0 Å². The molecular formula is C25H25N3. The van der Waals surface area contributed by atoms with Gasteiger partial charge in [-0.1, -0.05) is 86.6 Å². The van der Waals surface area contributed by atoms with Crippen molar-refractivity contribution in [2.75, 3.05) is 6.54 Å². The molecule has 0 amide bonds. The van der Waals surface area contributed by atoms with Gasteiger partial charge in [-0.15, -0.1) is 0 Å². The van der Waals surface area contributed by atoms with Gasteiger partial charge in [-0.05, 0) is 17.0 Å². The van der Waals surface area contributed by atoms with Gasteiger partial charge in [-0.2, -0.15) is 0 Å². The van der Waals surface area contributed by atoms with Crippen molar-refractivity contribution in [1.29, 1.82) is 0 Å². The summed E-state index contributed by atoms with van der Waals surface area (Å²) in [5.74, 6) is 1.42. The van der Waals surface area contributed by atoms with E-state index in [0.717, 1.165) is 29.0 Å². The van der Waals surface area contributed by atoms with Gasteiger partial charge >= 0.3 is 0 Å². The zero-order valence-corrected chi connectivity index (χ0v) is 16.6. The van der Waals surface area contributed by atoms with Crippen LogP contribution < -0.4 is 0 Å². The van der Waals surface area contributed by atoms with Crippen molar-refractivity contribution in [3.8, 4) is 22.3 Å². The van der Waals surface area contributed by atoms with Crippen molar-refractivity contribution in [3.63, 3.8) is 0 Å². The summed E-state index contributed by atoms with van der Waals surface area (Å²) in [5.41, 5.74) is 6.86. The van der Waals surface area contributed by atoms with Gasteiger partial charge in [0.2, 0.25) is 0 Å². The largest absolute Gasteiger partial charge is 0.326 e. The van der Waals surface area contributed by atoms with E-state index in [1.165, 1.54) is 16.7 Å². The van der Waals surface area contributed by atoms with E-state index in [9.17, 15) is 0 Å². The molecule has 0 spiro atoms. The van der Waals surface area contributed by atoms with Gasteiger partial charge in [0.1, 0.15) is 0 Å². The fourth-order valence-electron chi connectivity index (χ4n) is 3.50. The second-order valence-electron chi connectivity index (χ2n) is 7.51. The molecule has 3 aromatic carbocycles. The van der Waals surface area contributed by atoms with Gasteiger partial charge in [-0.25, -0.2) is 4.98 Å². The number of aliphatic imine (C=N–C) groups is 1. The molecule has 0 N–H and O–H groups in total. The molecule has 0 radical (unpaired) electrons. The minimum Gasteiger partial charge on any atom is -0.326 e. The monoisotopic (exact) mass is 367 g/mol. The molecule has 4 rings (SSSR count). The third-order valence-corrected chi connectivity index (χ3v) is 4.90. The molecule has 1 aromatic heterocycles. The molecule has 4 aromatic rings. The number of imidazole rings is 1. The van der Waals surface area contributed by atoms with Crippen LogP contribution in [0.25, 0.3) is 33.3 Å². The predicted molar refractivity (Wildman–Crippen MR) is 119 cm³/mol. The number of benzene rings is 3. The van der Waals surface area contributed by atoms with Crippen molar-refractivity contribution in [2.24, 2.45) is 18.0 Å². The molecule has 3 heteroatoms. The van der Waals surface area contributed by atoms with Crippen LogP contribution in [0.1, 0.15) is 19.7 Å². The summed E-state index contributed by atoms with van der Waals surface area (Å²) < 4.78 is 2.16. The molecule has 0 atom stereocenters. The van der Waals surface area contributed by atoms with Crippen LogP contribution in [0.4, 0.5) is 0 Å². The molecule has 1 heterocycles. The highest BCUT2D eigenvalue weighted by Gasteiger charge is 2.16. The summed E-state index contributed by atoms with van der Waals surface area (Å²) in [6.07, 6.45) is 1.91. The number of rotatable bonds is 5. The molecule has 0 saturated heterocycles. The van der Waals surface area contributed by atoms with Crippen molar-refractivity contribution in [1.82, 2.24) is 9.55 Å². The Hall–Kier alpha value is -3.20. The number of hydrogen-bond acceptors (Lipinski definition) is 2. The first-order valence-corrected chi connectivity index (χ1v) is 9.75. The summed E-state index contributed by atoms with van der Waals surface area (Å²) in [7, 11) is 2.08. The Kier molecular flexibility index (Phi) is 5.07. The van der Waals surface area contributed by atoms with Crippen LogP contribution in [-0.4, -0.2) is 22.3 Å². The van der Waals surface area contributed by atoms with Crippen molar-refractivity contribution in [2.45, 2.75) is 13.8 Å². The SMILES string of the molecule is CC(C)C/N=C/c1nc2c(-c3ccccc3)ccc(-c3ccccc3)c2n1C. The molecule has 28 heavy (non-hydrogen) atoms. The van der Waals surface area contributed by atoms with E-state index in [0.29, 0.717) is 5.92 Å². The van der Waals surface area contributed by atoms with Crippen molar-refractivity contribution in [3.05, 3.63) is 78.6 Å². The number of hydrogen-bond donors (Lipinski definition) is 0. The third kappa shape index (κ3) is 3.48. The number of aryl methyl sites for hydroxylation is 1. The van der Waals surface area contributed by atoms with Crippen LogP contribution in [0.5, 0.6) is 0 Å². The van der Waals surface area contributed by atoms with E-state index < -0.39 is 0 Å². The zero-order chi connectivity index (χ0) is 19.5. The molecule has 0 aliphatic heterocycles. The average Bonchev–Trinajstić information content (AvgIpc) is 3.05. The lowest BCUT2D eigenvalue weighted by molar-refractivity contribution is 0.666. The molecule has 0 bridgehead atoms. The molecule has 0 aliphatic rings. The summed E-state index contributed by atoms with van der Waals surface area (Å²) in [6.45, 7) is 5.15. The molecule has 0 unspecified atom stereocenters. The van der Waals surface area contributed by atoms with Crippen LogP contribution >= 0.6 is 0 Å². The molecule has 0 fully saturated rings. The van der Waals surface area contributed by atoms with E-state index in [2.05, 4.69) is 91.1 Å². The van der Waals surface area contributed by atoms with Crippen LogP contribution in [0.2, 0.25) is 0 Å². The van der Waals surface area contributed by atoms with Crippen LogP contribution in [-0.2, 0) is 7.05 Å². The first kappa shape index (κ1) is 18.2. The second kappa shape index (κ2) is 7.81. The summed E-state index contributed by atoms with van der Waals surface area (Å²) in [6, 6.07) is 25.3. The molecule has 0 saturated carbocycles. The van der Waals surface area contributed by atoms with Crippen LogP contribution in [0.15, 0.2) is 77.8 Å². The normalized spacial score (nSPS) is 11.7. The Morgan fingerprint density at radius 3 is 2.04 bits per heavy atom. The van der Waals surface area contributed by atoms with E-state index in [4.69, 9.17) is 4.98 Å². The molecule has 0 aliphatic carbocycles. The maximum atomic E-state index is 4.99. The van der Waals surface area contributed by atoms with Gasteiger partial charge in [0.05, 0.1) is 17.2 Å². The van der Waals surface area contributed by atoms with Gasteiger partial charge in [-0.3, -0.25) is 4.99 Å². The highest BCUT2D eigenvalue weighted by Crippen LogP contribution is 2.35. The predicted octanol–water partition coefficient (Wildman–Crippen LogP) is 5.98. The second-order valence-corrected chi connectivity index (χ2v) is 7.51. The van der Waals surface area contributed by atoms with Gasteiger partial charge < -0.3 is 4.57 Å². The highest BCUT2D eigenvalue weighted by molar-refractivity contribution is 6.03. The average molecular weight is 367 g/mol. The first-order valence-electron chi connectivity index (χ1n) is 9.75. The Morgan fingerprint density at radius 2 is 1.43 bits per heavy atom. The Bertz CT molecular complexity index is 1110. The number of fused-ring (bicyclic) bond motifs is 1. The Labute approximate surface area is 166 Å². The highest BCUT2D eigenvalue weighted by atomic mass is 15.1. The van der Waals surface area contributed by atoms with Crippen LogP contribution in [0.3, 0.4) is 0 Å². The number of nitrogens with zero attached hydrogens (tertiary/aromatic N) is 3. The fraction of sp³-hybridized carbons (Fsp3) is 0.200. The maximum absolute atomic E-state index is 4.99. The summed E-state index contributed by atoms with van der Waals surface area (Å²) in [4.78, 5) is 9.58. The topological polar surface area (TPSA) is 30.2 Å².